The Hall–Kier alpha value is -2.95. The van der Waals surface area contributed by atoms with Crippen molar-refractivity contribution in [1.82, 2.24) is 4.90 Å². The molecule has 0 unspecified atom stereocenters. The number of ether oxygens (including phenoxy) is 1. The highest BCUT2D eigenvalue weighted by atomic mass is 19.1. The van der Waals surface area contributed by atoms with Gasteiger partial charge < -0.3 is 9.64 Å². The number of cyclic esters (lactones) is 1. The molecule has 1 aliphatic heterocycles. The number of hydrogen-bond donors (Lipinski definition) is 0. The zero-order valence-electron chi connectivity index (χ0n) is 16.9. The van der Waals surface area contributed by atoms with Crippen LogP contribution in [0, 0.1) is 5.82 Å². The lowest BCUT2D eigenvalue weighted by molar-refractivity contribution is -0.0588. The summed E-state index contributed by atoms with van der Waals surface area (Å²) in [5, 5.41) is 0. The summed E-state index contributed by atoms with van der Waals surface area (Å²) >= 11 is 0. The lowest BCUT2D eigenvalue weighted by Gasteiger charge is -2.43. The van der Waals surface area contributed by atoms with Gasteiger partial charge in [0, 0.05) is 31.4 Å². The van der Waals surface area contributed by atoms with Gasteiger partial charge in [-0.05, 0) is 30.2 Å². The number of halogens is 1. The zero-order valence-corrected chi connectivity index (χ0v) is 16.9. The van der Waals surface area contributed by atoms with E-state index < -0.39 is 11.7 Å². The van der Waals surface area contributed by atoms with E-state index >= 15 is 0 Å². The van der Waals surface area contributed by atoms with Crippen LogP contribution < -0.4 is 0 Å². The summed E-state index contributed by atoms with van der Waals surface area (Å²) in [5.74, 6) is -0.236. The van der Waals surface area contributed by atoms with E-state index in [-0.39, 0.29) is 17.6 Å². The predicted molar refractivity (Wildman–Crippen MR) is 110 cm³/mol. The van der Waals surface area contributed by atoms with Crippen molar-refractivity contribution in [2.45, 2.75) is 44.8 Å². The second kappa shape index (κ2) is 8.60. The van der Waals surface area contributed by atoms with Crippen molar-refractivity contribution in [1.29, 1.82) is 0 Å². The minimum atomic E-state index is -0.833. The van der Waals surface area contributed by atoms with E-state index in [2.05, 4.69) is 6.58 Å². The summed E-state index contributed by atoms with van der Waals surface area (Å²) in [6.45, 7) is 8.07. The topological polar surface area (TPSA) is 46.6 Å². The Kier molecular flexibility index (Phi) is 6.16. The van der Waals surface area contributed by atoms with Crippen LogP contribution in [0.15, 0.2) is 61.2 Å². The summed E-state index contributed by atoms with van der Waals surface area (Å²) in [5.41, 5.74) is 1.54. The molecule has 2 aromatic carbocycles. The van der Waals surface area contributed by atoms with Gasteiger partial charge in [-0.3, -0.25) is 4.79 Å². The molecule has 1 amide bonds. The molecule has 0 radical (unpaired) electrons. The SMILES string of the molecule is C=CC[C@]1(c2ccc(F)cc2)CCN([C@@H](C)c2ccc(C(=O)CC)cc2)C(=O)O1. The van der Waals surface area contributed by atoms with Crippen molar-refractivity contribution in [3.05, 3.63) is 83.7 Å². The maximum atomic E-state index is 13.3. The summed E-state index contributed by atoms with van der Waals surface area (Å²) in [7, 11) is 0. The number of ketones is 1. The Balaban J connectivity index is 1.79. The van der Waals surface area contributed by atoms with Crippen molar-refractivity contribution in [3.8, 4) is 0 Å². The second-order valence-corrected chi connectivity index (χ2v) is 7.38. The van der Waals surface area contributed by atoms with Crippen molar-refractivity contribution < 1.29 is 18.7 Å². The molecule has 5 heteroatoms. The molecular formula is C24H26FNO3. The largest absolute Gasteiger partial charge is 0.437 e. The van der Waals surface area contributed by atoms with Gasteiger partial charge in [0.25, 0.3) is 0 Å². The molecule has 2 aromatic rings. The average molecular weight is 395 g/mol. The van der Waals surface area contributed by atoms with Gasteiger partial charge in [-0.2, -0.15) is 0 Å². The smallest absolute Gasteiger partial charge is 0.411 e. The van der Waals surface area contributed by atoms with Gasteiger partial charge in [0.2, 0.25) is 0 Å². The monoisotopic (exact) mass is 395 g/mol. The first kappa shape index (κ1) is 20.8. The lowest BCUT2D eigenvalue weighted by atomic mass is 9.85. The summed E-state index contributed by atoms with van der Waals surface area (Å²) in [6, 6.07) is 13.2. The van der Waals surface area contributed by atoms with E-state index in [0.717, 1.165) is 11.1 Å². The molecule has 29 heavy (non-hydrogen) atoms. The molecule has 1 fully saturated rings. The van der Waals surface area contributed by atoms with Crippen molar-refractivity contribution in [2.24, 2.45) is 0 Å². The summed E-state index contributed by atoms with van der Waals surface area (Å²) in [4.78, 5) is 26.4. The number of nitrogens with zero attached hydrogens (tertiary/aromatic N) is 1. The van der Waals surface area contributed by atoms with Gasteiger partial charge in [-0.15, -0.1) is 6.58 Å². The molecule has 2 atom stereocenters. The van der Waals surface area contributed by atoms with E-state index in [1.54, 1.807) is 35.2 Å². The van der Waals surface area contributed by atoms with Gasteiger partial charge in [0.15, 0.2) is 5.78 Å². The Morgan fingerprint density at radius 3 is 2.45 bits per heavy atom. The third-order valence-corrected chi connectivity index (χ3v) is 5.62. The molecule has 3 rings (SSSR count). The Morgan fingerprint density at radius 1 is 1.24 bits per heavy atom. The number of benzene rings is 2. The number of carbonyl (C=O) groups is 2. The number of amides is 1. The fraction of sp³-hybridized carbons (Fsp3) is 0.333. The number of carbonyl (C=O) groups excluding carboxylic acids is 2. The van der Waals surface area contributed by atoms with Crippen LogP contribution in [0.3, 0.4) is 0 Å². The van der Waals surface area contributed by atoms with Crippen LogP contribution in [0.1, 0.15) is 60.6 Å². The van der Waals surface area contributed by atoms with Crippen molar-refractivity contribution >= 4 is 11.9 Å². The van der Waals surface area contributed by atoms with Crippen LogP contribution in [0.2, 0.25) is 0 Å². The first-order valence-electron chi connectivity index (χ1n) is 9.90. The highest BCUT2D eigenvalue weighted by molar-refractivity contribution is 5.95. The second-order valence-electron chi connectivity index (χ2n) is 7.38. The first-order valence-corrected chi connectivity index (χ1v) is 9.90. The van der Waals surface area contributed by atoms with Crippen LogP contribution in [0.25, 0.3) is 0 Å². The van der Waals surface area contributed by atoms with Crippen LogP contribution in [0.4, 0.5) is 9.18 Å². The van der Waals surface area contributed by atoms with Crippen LogP contribution in [0.5, 0.6) is 0 Å². The number of rotatable bonds is 7. The zero-order chi connectivity index (χ0) is 21.0. The van der Waals surface area contributed by atoms with Crippen LogP contribution in [-0.2, 0) is 10.3 Å². The lowest BCUT2D eigenvalue weighted by Crippen LogP contribution is -2.48. The van der Waals surface area contributed by atoms with Gasteiger partial charge in [0.1, 0.15) is 11.4 Å². The molecule has 4 nitrogen and oxygen atoms in total. The molecule has 1 aliphatic rings. The van der Waals surface area contributed by atoms with Gasteiger partial charge in [-0.25, -0.2) is 9.18 Å². The van der Waals surface area contributed by atoms with E-state index in [4.69, 9.17) is 4.74 Å². The molecule has 152 valence electrons. The normalized spacial score (nSPS) is 20.1. The fourth-order valence-electron chi connectivity index (χ4n) is 3.80. The maximum absolute atomic E-state index is 13.3. The van der Waals surface area contributed by atoms with Crippen molar-refractivity contribution in [3.63, 3.8) is 0 Å². The quantitative estimate of drug-likeness (QED) is 0.440. The van der Waals surface area contributed by atoms with E-state index in [9.17, 15) is 14.0 Å². The van der Waals surface area contributed by atoms with Crippen LogP contribution >= 0.6 is 0 Å². The maximum Gasteiger partial charge on any atom is 0.411 e. The minimum absolute atomic E-state index is 0.0927. The number of hydrogen-bond acceptors (Lipinski definition) is 3. The molecule has 0 aromatic heterocycles. The van der Waals surface area contributed by atoms with E-state index in [1.165, 1.54) is 12.1 Å². The van der Waals surface area contributed by atoms with Gasteiger partial charge >= 0.3 is 6.09 Å². The first-order chi connectivity index (χ1) is 13.9. The van der Waals surface area contributed by atoms with Crippen molar-refractivity contribution in [2.75, 3.05) is 6.54 Å². The number of Topliss-reactive ketones (excluding diaryl/α,β-unsaturated/α-hetero) is 1. The predicted octanol–water partition coefficient (Wildman–Crippen LogP) is 5.79. The Morgan fingerprint density at radius 2 is 1.90 bits per heavy atom. The molecule has 0 saturated carbocycles. The average Bonchev–Trinajstić information content (AvgIpc) is 2.73. The van der Waals surface area contributed by atoms with Gasteiger partial charge in [0.05, 0.1) is 6.04 Å². The molecule has 0 spiro atoms. The fourth-order valence-corrected chi connectivity index (χ4v) is 3.80. The molecule has 0 N–H and O–H groups in total. The molecule has 1 heterocycles. The van der Waals surface area contributed by atoms with Gasteiger partial charge in [-0.1, -0.05) is 49.4 Å². The van der Waals surface area contributed by atoms with Crippen LogP contribution in [-0.4, -0.2) is 23.3 Å². The molecule has 0 bridgehead atoms. The highest BCUT2D eigenvalue weighted by Gasteiger charge is 2.42. The molecular weight excluding hydrogens is 369 g/mol. The standard InChI is InChI=1S/C24H26FNO3/c1-4-14-24(20-10-12-21(25)13-11-20)15-16-26(23(28)29-24)17(3)18-6-8-19(9-7-18)22(27)5-2/h4,6-13,17H,1,5,14-16H2,2-3H3/t17-,24+/m0/s1. The minimum Gasteiger partial charge on any atom is -0.437 e. The third-order valence-electron chi connectivity index (χ3n) is 5.62. The molecule has 0 aliphatic carbocycles. The third kappa shape index (κ3) is 4.24. The Bertz CT molecular complexity index is 891. The summed E-state index contributed by atoms with van der Waals surface area (Å²) in [6.07, 6.45) is 2.80. The van der Waals surface area contributed by atoms with E-state index in [0.29, 0.717) is 31.4 Å². The van der Waals surface area contributed by atoms with E-state index in [1.807, 2.05) is 26.0 Å². The highest BCUT2D eigenvalue weighted by Crippen LogP contribution is 2.39. The molecule has 1 saturated heterocycles. The Labute approximate surface area is 171 Å². The summed E-state index contributed by atoms with van der Waals surface area (Å²) < 4.78 is 19.3.